The van der Waals surface area contributed by atoms with Crippen LogP contribution in [-0.2, 0) is 56.0 Å². The highest BCUT2D eigenvalue weighted by Crippen LogP contribution is 2.26. The van der Waals surface area contributed by atoms with Crippen LogP contribution in [0.15, 0.2) is 64.7 Å². The number of para-hydroxylation sites is 1. The van der Waals surface area contributed by atoms with Crippen LogP contribution in [0.3, 0.4) is 0 Å². The van der Waals surface area contributed by atoms with Crippen molar-refractivity contribution in [2.75, 3.05) is 13.1 Å². The van der Waals surface area contributed by atoms with E-state index in [2.05, 4.69) is 41.6 Å². The minimum absolute atomic E-state index is 0.0290. The van der Waals surface area contributed by atoms with Gasteiger partial charge in [0.2, 0.25) is 35.4 Å². The number of Topliss-reactive ketones (excluding diaryl/α,β-unsaturated/α-hetero) is 3. The predicted molar refractivity (Wildman–Crippen MR) is 282 cm³/mol. The van der Waals surface area contributed by atoms with Gasteiger partial charge in [0.1, 0.15) is 35.7 Å². The number of aliphatic hydroxyl groups is 1. The number of aliphatic imine (C=N–C) groups is 2. The Morgan fingerprint density at radius 3 is 2.11 bits per heavy atom. The lowest BCUT2D eigenvalue weighted by atomic mass is 9.83. The SMILES string of the molecule is CC(=O)N[C@@H](CCCN=C(N)N)C(=O)N[C@H]1CCC(=O)CCCC[C@@H](C(N)=O)NC(=O)[C@H](Cc2c[nH]c3ccccc23)CC(=O)[C@H](CCCN=C(N)N)CC(=O)[C@@H](Cc2ccc(C#N)cc2)NC(=O)[C@H]([C@@H](C)O)NC1=O. The zero-order valence-corrected chi connectivity index (χ0v) is 43.0. The second-order valence-corrected chi connectivity index (χ2v) is 19.1. The van der Waals surface area contributed by atoms with Gasteiger partial charge in [0.15, 0.2) is 17.7 Å². The first-order valence-electron chi connectivity index (χ1n) is 25.3. The number of aromatic amines is 1. The Morgan fingerprint density at radius 1 is 0.789 bits per heavy atom. The molecule has 0 bridgehead atoms. The van der Waals surface area contributed by atoms with Crippen molar-refractivity contribution in [3.63, 3.8) is 0 Å². The minimum atomic E-state index is -1.76. The Labute approximate surface area is 440 Å². The molecule has 1 saturated heterocycles. The molecule has 1 aromatic heterocycles. The minimum Gasteiger partial charge on any atom is -0.391 e. The first-order chi connectivity index (χ1) is 36.1. The zero-order valence-electron chi connectivity index (χ0n) is 43.0. The van der Waals surface area contributed by atoms with Gasteiger partial charge in [0.25, 0.3) is 0 Å². The molecular weight excluding hydrogens is 981 g/mol. The van der Waals surface area contributed by atoms with E-state index in [1.807, 2.05) is 30.3 Å². The average Bonchev–Trinajstić information content (AvgIpc) is 3.78. The van der Waals surface area contributed by atoms with Gasteiger partial charge in [-0.1, -0.05) is 36.8 Å². The number of aromatic nitrogens is 1. The molecule has 0 aliphatic carbocycles. The first-order valence-corrected chi connectivity index (χ1v) is 25.3. The first kappa shape index (κ1) is 60.4. The molecule has 410 valence electrons. The van der Waals surface area contributed by atoms with E-state index in [-0.39, 0.29) is 108 Å². The van der Waals surface area contributed by atoms with E-state index in [4.69, 9.17) is 28.7 Å². The smallest absolute Gasteiger partial charge is 0.245 e. The molecule has 6 amide bonds. The van der Waals surface area contributed by atoms with Gasteiger partial charge >= 0.3 is 0 Å². The molecule has 4 rings (SSSR count). The average molecular weight is 1050 g/mol. The second kappa shape index (κ2) is 30.2. The number of carbonyl (C=O) groups excluding carboxylic acids is 9. The molecule has 0 unspecified atom stereocenters. The molecule has 2 heterocycles. The molecule has 0 radical (unpaired) electrons. The highest BCUT2D eigenvalue weighted by Gasteiger charge is 2.36. The molecule has 0 spiro atoms. The molecular formula is C52H72N14O10. The number of primary amides is 1. The molecule has 2 aromatic carbocycles. The molecule has 0 saturated carbocycles. The van der Waals surface area contributed by atoms with Crippen molar-refractivity contribution >= 4 is 75.6 Å². The molecule has 24 nitrogen and oxygen atoms in total. The summed E-state index contributed by atoms with van der Waals surface area (Å²) in [6.45, 7) is 2.60. The lowest BCUT2D eigenvalue weighted by molar-refractivity contribution is -0.137. The van der Waals surface area contributed by atoms with Crippen LogP contribution < -0.4 is 55.3 Å². The predicted octanol–water partition coefficient (Wildman–Crippen LogP) is -0.684. The fourth-order valence-electron chi connectivity index (χ4n) is 8.89. The highest BCUT2D eigenvalue weighted by molar-refractivity contribution is 5.98. The van der Waals surface area contributed by atoms with Gasteiger partial charge in [-0.05, 0) is 94.0 Å². The number of hydrogen-bond acceptors (Lipinski definition) is 13. The maximum Gasteiger partial charge on any atom is 0.245 e. The van der Waals surface area contributed by atoms with Crippen LogP contribution in [0.4, 0.5) is 0 Å². The van der Waals surface area contributed by atoms with Crippen LogP contribution >= 0.6 is 0 Å². The number of fused-ring (bicyclic) bond motifs is 1. The fraction of sp³-hybridized carbons (Fsp3) is 0.500. The van der Waals surface area contributed by atoms with Crippen molar-refractivity contribution in [1.29, 1.82) is 5.26 Å². The summed E-state index contributed by atoms with van der Waals surface area (Å²) in [4.78, 5) is 136. The number of guanidine groups is 2. The topological polar surface area (TPSA) is 428 Å². The van der Waals surface area contributed by atoms with Crippen molar-refractivity contribution in [1.82, 2.24) is 31.6 Å². The Kier molecular flexibility index (Phi) is 24.0. The van der Waals surface area contributed by atoms with E-state index in [0.29, 0.717) is 16.7 Å². The standard InChI is InChI=1S/C52H72N14O10/c1-29(67)45-50(76)65-42(23-31-15-17-32(27-53)18-16-31)44(71)25-33(9-7-21-59-51(55)56)43(70)26-34(24-35-28-61-38-12-6-4-11-37(35)38)47(73)63-39(46(54)72)13-5-3-10-36(69)19-20-41(49(75)66-45)64-48(74)40(62-30(2)68)14-8-22-60-52(57)58/h4,6,11-12,15-18,28-29,33-34,39-42,45,61,67H,3,5,7-10,13-14,19-26H2,1-2H3,(H2,54,72)(H,62,68)(H,63,73)(H,64,74)(H,65,76)(H,66,75)(H4,55,56,59)(H4,57,58,60)/t29-,33-,34-,39+,40+,41+,42-,45+/m1/s1. The number of nitrogens with two attached hydrogens (primary N) is 5. The van der Waals surface area contributed by atoms with Crippen LogP contribution in [0.5, 0.6) is 0 Å². The fourth-order valence-corrected chi connectivity index (χ4v) is 8.89. The van der Waals surface area contributed by atoms with Crippen molar-refractivity contribution in [3.05, 3.63) is 71.4 Å². The third-order valence-electron chi connectivity index (χ3n) is 13.0. The largest absolute Gasteiger partial charge is 0.391 e. The lowest BCUT2D eigenvalue weighted by Gasteiger charge is -2.28. The Bertz CT molecular complexity index is 2640. The van der Waals surface area contributed by atoms with Gasteiger partial charge in [-0.25, -0.2) is 0 Å². The van der Waals surface area contributed by atoms with Crippen LogP contribution in [-0.4, -0.2) is 124 Å². The highest BCUT2D eigenvalue weighted by atomic mass is 16.3. The number of aliphatic hydroxyl groups excluding tert-OH is 1. The van der Waals surface area contributed by atoms with Gasteiger partial charge in [-0.15, -0.1) is 0 Å². The van der Waals surface area contributed by atoms with Crippen molar-refractivity contribution in [2.24, 2.45) is 50.5 Å². The third-order valence-corrected chi connectivity index (χ3v) is 13.0. The van der Waals surface area contributed by atoms with Gasteiger partial charge in [-0.2, -0.15) is 5.26 Å². The summed E-state index contributed by atoms with van der Waals surface area (Å²) in [7, 11) is 0. The van der Waals surface area contributed by atoms with E-state index in [9.17, 15) is 53.5 Å². The number of nitrogens with one attached hydrogen (secondary N) is 6. The molecule has 3 aromatic rings. The van der Waals surface area contributed by atoms with Gasteiger partial charge in [0, 0.05) is 74.6 Å². The number of nitrogens with zero attached hydrogens (tertiary/aromatic N) is 3. The van der Waals surface area contributed by atoms with Crippen molar-refractivity contribution in [2.45, 2.75) is 140 Å². The summed E-state index contributed by atoms with van der Waals surface area (Å²) in [5.41, 5.74) is 30.1. The van der Waals surface area contributed by atoms with E-state index < -0.39 is 108 Å². The number of ketones is 3. The number of hydrogen-bond donors (Lipinski definition) is 12. The van der Waals surface area contributed by atoms with Gasteiger partial charge in [-0.3, -0.25) is 53.1 Å². The second-order valence-electron chi connectivity index (χ2n) is 19.1. The Balaban J connectivity index is 1.78. The molecule has 1 fully saturated rings. The normalized spacial score (nSPS) is 21.6. The summed E-state index contributed by atoms with van der Waals surface area (Å²) in [5, 5.41) is 34.3. The third kappa shape index (κ3) is 19.9. The number of amides is 6. The van der Waals surface area contributed by atoms with Crippen molar-refractivity contribution < 1.29 is 48.3 Å². The lowest BCUT2D eigenvalue weighted by Crippen LogP contribution is -2.60. The van der Waals surface area contributed by atoms with E-state index in [0.717, 1.165) is 10.9 Å². The number of nitriles is 1. The Hall–Kier alpha value is -8.20. The Morgan fingerprint density at radius 2 is 1.46 bits per heavy atom. The maximum atomic E-state index is 14.7. The van der Waals surface area contributed by atoms with Gasteiger partial charge < -0.3 is 65.3 Å². The number of benzene rings is 2. The quantitative estimate of drug-likeness (QED) is 0.0453. The monoisotopic (exact) mass is 1050 g/mol. The van der Waals surface area contributed by atoms with E-state index in [1.54, 1.807) is 18.3 Å². The number of rotatable bonds is 17. The summed E-state index contributed by atoms with van der Waals surface area (Å²) in [6, 6.07) is 8.46. The maximum absolute atomic E-state index is 14.7. The molecule has 17 N–H and O–H groups in total. The summed E-state index contributed by atoms with van der Waals surface area (Å²) in [5.74, 6) is -8.94. The van der Waals surface area contributed by atoms with E-state index in [1.165, 1.54) is 26.0 Å². The van der Waals surface area contributed by atoms with Crippen LogP contribution in [0.2, 0.25) is 0 Å². The summed E-state index contributed by atoms with van der Waals surface area (Å²) < 4.78 is 0. The number of carbonyl (C=O) groups is 9. The van der Waals surface area contributed by atoms with Crippen LogP contribution in [0.25, 0.3) is 10.9 Å². The summed E-state index contributed by atoms with van der Waals surface area (Å²) >= 11 is 0. The molecule has 1 aliphatic heterocycles. The van der Waals surface area contributed by atoms with E-state index >= 15 is 0 Å². The zero-order chi connectivity index (χ0) is 55.9. The molecule has 24 heteroatoms. The molecule has 8 atom stereocenters. The number of H-pyrrole nitrogens is 1. The van der Waals surface area contributed by atoms with Crippen molar-refractivity contribution in [3.8, 4) is 6.07 Å². The molecule has 76 heavy (non-hydrogen) atoms. The van der Waals surface area contributed by atoms with Crippen LogP contribution in [0.1, 0.15) is 108 Å². The summed E-state index contributed by atoms with van der Waals surface area (Å²) in [6.07, 6.45) is -0.484. The van der Waals surface area contributed by atoms with Gasteiger partial charge in [0.05, 0.1) is 23.8 Å². The molecule has 1 aliphatic rings. The van der Waals surface area contributed by atoms with Crippen LogP contribution in [0, 0.1) is 23.2 Å².